The van der Waals surface area contributed by atoms with Crippen LogP contribution < -0.4 is 10.2 Å². The van der Waals surface area contributed by atoms with Gasteiger partial charge in [-0.3, -0.25) is 19.5 Å². The van der Waals surface area contributed by atoms with Gasteiger partial charge in [0.2, 0.25) is 11.2 Å². The fourth-order valence-corrected chi connectivity index (χ4v) is 3.41. The number of fused-ring (bicyclic) bond motifs is 1. The van der Waals surface area contributed by atoms with E-state index in [9.17, 15) is 9.59 Å². The van der Waals surface area contributed by atoms with E-state index >= 15 is 0 Å². The second-order valence-corrected chi connectivity index (χ2v) is 7.52. The number of amides is 1. The van der Waals surface area contributed by atoms with Gasteiger partial charge in [-0.2, -0.15) is 0 Å². The van der Waals surface area contributed by atoms with Gasteiger partial charge in [-0.1, -0.05) is 24.3 Å². The lowest BCUT2D eigenvalue weighted by Crippen LogP contribution is -2.21. The molecule has 0 aliphatic carbocycles. The van der Waals surface area contributed by atoms with Crippen molar-refractivity contribution >= 4 is 5.91 Å². The molecule has 3 aromatic rings. The molecule has 0 saturated carbocycles. The van der Waals surface area contributed by atoms with E-state index in [0.717, 1.165) is 13.1 Å². The first-order valence-electron chi connectivity index (χ1n) is 9.70. The lowest BCUT2D eigenvalue weighted by molar-refractivity contribution is 0.0827. The molecule has 154 valence electrons. The van der Waals surface area contributed by atoms with Gasteiger partial charge in [0.25, 0.3) is 5.91 Å². The van der Waals surface area contributed by atoms with Crippen molar-refractivity contribution in [2.45, 2.75) is 26.2 Å². The lowest BCUT2D eigenvalue weighted by Gasteiger charge is -2.14. The van der Waals surface area contributed by atoms with Crippen LogP contribution >= 0.6 is 0 Å². The summed E-state index contributed by atoms with van der Waals surface area (Å²) in [7, 11) is 3.37. The summed E-state index contributed by atoms with van der Waals surface area (Å²) in [5.41, 5.74) is 3.50. The molecule has 0 fully saturated rings. The van der Waals surface area contributed by atoms with Crippen LogP contribution in [0.25, 0.3) is 0 Å². The molecule has 1 aromatic carbocycles. The first-order chi connectivity index (χ1) is 14.5. The summed E-state index contributed by atoms with van der Waals surface area (Å²) in [5.74, 6) is 0.621. The molecule has 1 aliphatic rings. The normalized spacial score (nSPS) is 13.1. The zero-order valence-electron chi connectivity index (χ0n) is 17.0. The van der Waals surface area contributed by atoms with Crippen LogP contribution in [-0.2, 0) is 26.2 Å². The minimum Gasteiger partial charge on any atom is -0.480 e. The Morgan fingerprint density at radius 3 is 2.50 bits per heavy atom. The quantitative estimate of drug-likeness (QED) is 0.628. The number of benzene rings is 1. The molecule has 0 unspecified atom stereocenters. The van der Waals surface area contributed by atoms with E-state index in [2.05, 4.69) is 22.0 Å². The van der Waals surface area contributed by atoms with Crippen LogP contribution in [0.3, 0.4) is 0 Å². The van der Waals surface area contributed by atoms with Crippen LogP contribution in [0.4, 0.5) is 0 Å². The molecule has 7 heteroatoms. The van der Waals surface area contributed by atoms with Crippen molar-refractivity contribution in [3.8, 4) is 5.75 Å². The topological polar surface area (TPSA) is 75.9 Å². The van der Waals surface area contributed by atoms with Crippen LogP contribution in [0, 0.1) is 0 Å². The van der Waals surface area contributed by atoms with Gasteiger partial charge in [-0.15, -0.1) is 0 Å². The minimum absolute atomic E-state index is 0.113. The number of hydrogen-bond donors (Lipinski definition) is 0. The summed E-state index contributed by atoms with van der Waals surface area (Å²) in [6.07, 6.45) is 2.85. The van der Waals surface area contributed by atoms with E-state index in [1.165, 1.54) is 34.6 Å². The Kier molecular flexibility index (Phi) is 5.63. The summed E-state index contributed by atoms with van der Waals surface area (Å²) >= 11 is 0. The molecule has 0 saturated heterocycles. The van der Waals surface area contributed by atoms with Gasteiger partial charge in [0.1, 0.15) is 18.6 Å². The van der Waals surface area contributed by atoms with Crippen molar-refractivity contribution in [1.29, 1.82) is 0 Å². The highest BCUT2D eigenvalue weighted by Crippen LogP contribution is 2.24. The summed E-state index contributed by atoms with van der Waals surface area (Å²) < 4.78 is 11.2. The Bertz CT molecular complexity index is 1080. The van der Waals surface area contributed by atoms with Gasteiger partial charge in [0, 0.05) is 39.4 Å². The zero-order chi connectivity index (χ0) is 21.1. The molecule has 0 spiro atoms. The Balaban J connectivity index is 1.35. The number of nitrogens with zero attached hydrogens (tertiary/aromatic N) is 3. The molecular weight excluding hydrogens is 382 g/mol. The van der Waals surface area contributed by atoms with Gasteiger partial charge >= 0.3 is 0 Å². The Morgan fingerprint density at radius 1 is 1.17 bits per heavy atom. The predicted molar refractivity (Wildman–Crippen MR) is 111 cm³/mol. The minimum atomic E-state index is -0.229. The summed E-state index contributed by atoms with van der Waals surface area (Å²) in [4.78, 5) is 32.2. The van der Waals surface area contributed by atoms with Crippen molar-refractivity contribution in [2.24, 2.45) is 0 Å². The number of ether oxygens (including phenoxy) is 1. The zero-order valence-corrected chi connectivity index (χ0v) is 17.0. The number of carbonyl (C=O) groups excluding carboxylic acids is 1. The van der Waals surface area contributed by atoms with Crippen molar-refractivity contribution in [3.05, 3.63) is 93.3 Å². The first kappa shape index (κ1) is 19.8. The van der Waals surface area contributed by atoms with Crippen molar-refractivity contribution in [1.82, 2.24) is 14.8 Å². The summed E-state index contributed by atoms with van der Waals surface area (Å²) in [6, 6.07) is 13.2. The van der Waals surface area contributed by atoms with Crippen LogP contribution in [-0.4, -0.2) is 34.8 Å². The molecule has 1 aliphatic heterocycles. The van der Waals surface area contributed by atoms with E-state index in [-0.39, 0.29) is 23.7 Å². The van der Waals surface area contributed by atoms with E-state index in [1.54, 1.807) is 26.2 Å². The largest absolute Gasteiger partial charge is 0.480 e. The van der Waals surface area contributed by atoms with Gasteiger partial charge < -0.3 is 14.1 Å². The third-order valence-electron chi connectivity index (χ3n) is 4.99. The Hall–Kier alpha value is -3.45. The molecule has 4 rings (SSSR count). The van der Waals surface area contributed by atoms with E-state index < -0.39 is 0 Å². The Morgan fingerprint density at radius 2 is 1.90 bits per heavy atom. The standard InChI is InChI=1S/C23H23N3O4/c1-25(2)23(28)16-7-8-19(24-10-16)14-30-22-15-29-20(9-21(22)27)13-26-11-17-5-3-4-6-18(17)12-26/h3-10,15H,11-14H2,1-2H3. The molecule has 0 N–H and O–H groups in total. The SMILES string of the molecule is CN(C)C(=O)c1ccc(COc2coc(CN3Cc4ccccc4C3)cc2=O)nc1. The van der Waals surface area contributed by atoms with Crippen molar-refractivity contribution < 1.29 is 13.9 Å². The maximum atomic E-state index is 12.4. The predicted octanol–water partition coefficient (Wildman–Crippen LogP) is 2.83. The molecule has 0 atom stereocenters. The second-order valence-electron chi connectivity index (χ2n) is 7.52. The number of rotatable bonds is 6. The molecule has 7 nitrogen and oxygen atoms in total. The number of aromatic nitrogens is 1. The number of hydrogen-bond acceptors (Lipinski definition) is 6. The summed E-state index contributed by atoms with van der Waals surface area (Å²) in [5, 5.41) is 0. The first-order valence-corrected chi connectivity index (χ1v) is 9.70. The fourth-order valence-electron chi connectivity index (χ4n) is 3.41. The van der Waals surface area contributed by atoms with Crippen LogP contribution in [0.2, 0.25) is 0 Å². The highest BCUT2D eigenvalue weighted by molar-refractivity contribution is 5.93. The van der Waals surface area contributed by atoms with Crippen LogP contribution in [0.5, 0.6) is 5.75 Å². The Labute approximate surface area is 174 Å². The van der Waals surface area contributed by atoms with Crippen molar-refractivity contribution in [3.63, 3.8) is 0 Å². The third-order valence-corrected chi connectivity index (χ3v) is 4.99. The fraction of sp³-hybridized carbons (Fsp3) is 0.261. The van der Waals surface area contributed by atoms with Crippen LogP contribution in [0.15, 0.2) is 64.1 Å². The molecule has 2 aromatic heterocycles. The van der Waals surface area contributed by atoms with Gasteiger partial charge in [-0.25, -0.2) is 0 Å². The molecular formula is C23H23N3O4. The average molecular weight is 405 g/mol. The summed E-state index contributed by atoms with van der Waals surface area (Å²) in [6.45, 7) is 2.36. The van der Waals surface area contributed by atoms with Crippen molar-refractivity contribution in [2.75, 3.05) is 14.1 Å². The number of pyridine rings is 1. The monoisotopic (exact) mass is 405 g/mol. The average Bonchev–Trinajstić information content (AvgIpc) is 3.15. The van der Waals surface area contributed by atoms with Gasteiger partial charge in [0.15, 0.2) is 0 Å². The maximum absolute atomic E-state index is 12.4. The van der Waals surface area contributed by atoms with E-state index in [0.29, 0.717) is 23.6 Å². The smallest absolute Gasteiger partial charge is 0.254 e. The molecule has 0 bridgehead atoms. The van der Waals surface area contributed by atoms with Gasteiger partial charge in [-0.05, 0) is 23.3 Å². The molecule has 1 amide bonds. The number of carbonyl (C=O) groups is 1. The highest BCUT2D eigenvalue weighted by atomic mass is 16.5. The third kappa shape index (κ3) is 4.41. The van der Waals surface area contributed by atoms with Gasteiger partial charge in [0.05, 0.1) is 17.8 Å². The second kappa shape index (κ2) is 8.51. The van der Waals surface area contributed by atoms with E-state index in [4.69, 9.17) is 9.15 Å². The molecule has 0 radical (unpaired) electrons. The highest BCUT2D eigenvalue weighted by Gasteiger charge is 2.19. The van der Waals surface area contributed by atoms with E-state index in [1.807, 2.05) is 12.1 Å². The van der Waals surface area contributed by atoms with Crippen LogP contribution in [0.1, 0.15) is 32.9 Å². The maximum Gasteiger partial charge on any atom is 0.254 e. The lowest BCUT2D eigenvalue weighted by atomic mass is 10.1. The molecule has 3 heterocycles. The molecule has 30 heavy (non-hydrogen) atoms.